The minimum atomic E-state index is -0.464. The van der Waals surface area contributed by atoms with Crippen molar-refractivity contribution in [3.63, 3.8) is 0 Å². The number of benzene rings is 2. The maximum Gasteiger partial charge on any atom is 0.281 e. The first-order chi connectivity index (χ1) is 13.6. The Morgan fingerprint density at radius 2 is 1.93 bits per heavy atom. The second-order valence-corrected chi connectivity index (χ2v) is 6.94. The number of rotatable bonds is 5. The lowest BCUT2D eigenvalue weighted by Gasteiger charge is -1.95. The molecule has 0 radical (unpaired) electrons. The molecule has 0 spiro atoms. The van der Waals surface area contributed by atoms with Gasteiger partial charge in [0.15, 0.2) is 0 Å². The third kappa shape index (κ3) is 3.67. The van der Waals surface area contributed by atoms with Crippen LogP contribution in [0.25, 0.3) is 21.4 Å². The van der Waals surface area contributed by atoms with E-state index in [1.165, 1.54) is 29.7 Å². The number of furan rings is 1. The largest absolute Gasteiger partial charge is 0.455 e. The molecule has 0 saturated heterocycles. The molecule has 0 aliphatic carbocycles. The molecule has 0 unspecified atom stereocenters. The fraction of sp³-hybridized carbons (Fsp3) is 0. The van der Waals surface area contributed by atoms with Gasteiger partial charge in [-0.05, 0) is 24.3 Å². The van der Waals surface area contributed by atoms with E-state index < -0.39 is 10.8 Å². The molecular weight excluding hydrogens is 378 g/mol. The van der Waals surface area contributed by atoms with E-state index in [9.17, 15) is 14.9 Å². The molecular formula is C20H13N3O4S. The number of nitro groups is 1. The number of nitrogens with one attached hydrogen (secondary N) is 1. The van der Waals surface area contributed by atoms with Crippen molar-refractivity contribution < 1.29 is 14.1 Å². The number of carbonyl (C=O) groups is 1. The fourth-order valence-electron chi connectivity index (χ4n) is 2.65. The number of hydrazone groups is 1. The van der Waals surface area contributed by atoms with Crippen LogP contribution in [-0.2, 0) is 0 Å². The van der Waals surface area contributed by atoms with E-state index in [4.69, 9.17) is 4.42 Å². The van der Waals surface area contributed by atoms with Gasteiger partial charge in [0.1, 0.15) is 11.5 Å². The smallest absolute Gasteiger partial charge is 0.281 e. The van der Waals surface area contributed by atoms with Gasteiger partial charge in [-0.2, -0.15) is 5.10 Å². The van der Waals surface area contributed by atoms with Crippen molar-refractivity contribution in [3.8, 4) is 11.3 Å². The van der Waals surface area contributed by atoms with E-state index in [0.717, 1.165) is 10.3 Å². The minimum absolute atomic E-state index is 0.0117. The number of carbonyl (C=O) groups excluding carboxylic acids is 1. The van der Waals surface area contributed by atoms with Gasteiger partial charge in [-0.15, -0.1) is 11.3 Å². The van der Waals surface area contributed by atoms with Crippen LogP contribution in [0.3, 0.4) is 0 Å². The highest BCUT2D eigenvalue weighted by Gasteiger charge is 2.13. The number of nitrogens with zero attached hydrogens (tertiary/aromatic N) is 2. The Morgan fingerprint density at radius 1 is 1.11 bits per heavy atom. The number of nitro benzene ring substituents is 1. The maximum atomic E-state index is 12.3. The van der Waals surface area contributed by atoms with E-state index in [-0.39, 0.29) is 5.69 Å². The number of hydrogen-bond acceptors (Lipinski definition) is 6. The normalized spacial score (nSPS) is 11.1. The highest BCUT2D eigenvalue weighted by atomic mass is 32.1. The van der Waals surface area contributed by atoms with Crippen molar-refractivity contribution in [2.45, 2.75) is 0 Å². The molecule has 0 atom stereocenters. The van der Waals surface area contributed by atoms with Gasteiger partial charge in [0.05, 0.1) is 16.0 Å². The molecule has 1 amide bonds. The first-order valence-corrected chi connectivity index (χ1v) is 9.08. The van der Waals surface area contributed by atoms with E-state index in [1.807, 2.05) is 36.4 Å². The van der Waals surface area contributed by atoms with Crippen molar-refractivity contribution in [1.29, 1.82) is 0 Å². The number of non-ortho nitro benzene ring substituents is 1. The number of thiophene rings is 1. The third-order valence-corrected chi connectivity index (χ3v) is 5.09. The van der Waals surface area contributed by atoms with Crippen molar-refractivity contribution in [3.05, 3.63) is 87.5 Å². The zero-order chi connectivity index (χ0) is 19.5. The molecule has 2 aromatic carbocycles. The van der Waals surface area contributed by atoms with Crippen LogP contribution in [0.2, 0.25) is 0 Å². The van der Waals surface area contributed by atoms with Crippen LogP contribution in [0.4, 0.5) is 5.69 Å². The van der Waals surface area contributed by atoms with E-state index in [2.05, 4.69) is 10.5 Å². The first-order valence-electron chi connectivity index (χ1n) is 8.27. The van der Waals surface area contributed by atoms with Gasteiger partial charge in [-0.1, -0.05) is 30.3 Å². The molecule has 138 valence electrons. The zero-order valence-corrected chi connectivity index (χ0v) is 15.2. The Balaban J connectivity index is 1.45. The van der Waals surface area contributed by atoms with E-state index >= 15 is 0 Å². The predicted octanol–water partition coefficient (Wildman–Crippen LogP) is 4.83. The Morgan fingerprint density at radius 3 is 2.71 bits per heavy atom. The molecule has 28 heavy (non-hydrogen) atoms. The van der Waals surface area contributed by atoms with Gasteiger partial charge in [0.25, 0.3) is 11.6 Å². The summed E-state index contributed by atoms with van der Waals surface area (Å²) in [6, 6.07) is 19.3. The summed E-state index contributed by atoms with van der Waals surface area (Å²) in [7, 11) is 0. The first kappa shape index (κ1) is 17.6. The molecule has 2 aromatic heterocycles. The monoisotopic (exact) mass is 391 g/mol. The van der Waals surface area contributed by atoms with Crippen LogP contribution in [-0.4, -0.2) is 17.0 Å². The lowest BCUT2D eigenvalue weighted by Crippen LogP contribution is -2.15. The van der Waals surface area contributed by atoms with Crippen molar-refractivity contribution in [1.82, 2.24) is 5.43 Å². The Bertz CT molecular complexity index is 1190. The molecule has 7 nitrogen and oxygen atoms in total. The Kier molecular flexibility index (Phi) is 4.69. The van der Waals surface area contributed by atoms with Gasteiger partial charge in [-0.3, -0.25) is 14.9 Å². The number of amides is 1. The van der Waals surface area contributed by atoms with Gasteiger partial charge in [-0.25, -0.2) is 5.43 Å². The summed E-state index contributed by atoms with van der Waals surface area (Å²) in [6.45, 7) is 0. The summed E-state index contributed by atoms with van der Waals surface area (Å²) in [5.41, 5.74) is 3.38. The molecule has 1 N–H and O–H groups in total. The highest BCUT2D eigenvalue weighted by Crippen LogP contribution is 2.29. The van der Waals surface area contributed by atoms with Crippen LogP contribution in [0.15, 0.2) is 76.2 Å². The van der Waals surface area contributed by atoms with Crippen LogP contribution < -0.4 is 5.43 Å². The lowest BCUT2D eigenvalue weighted by molar-refractivity contribution is -0.384. The standard InChI is InChI=1S/C20H13N3O4S/c24-20(19-11-14-10-15(23(25)26)6-9-18(14)28-19)22-21-12-16-7-8-17(27-16)13-4-2-1-3-5-13/h1-12H,(H,22,24)/b21-12-. The minimum Gasteiger partial charge on any atom is -0.455 e. The predicted molar refractivity (Wildman–Crippen MR) is 108 cm³/mol. The van der Waals surface area contributed by atoms with Crippen LogP contribution >= 0.6 is 11.3 Å². The number of hydrogen-bond donors (Lipinski definition) is 1. The quantitative estimate of drug-likeness (QED) is 0.299. The van der Waals surface area contributed by atoms with Crippen molar-refractivity contribution in [2.75, 3.05) is 0 Å². The number of fused-ring (bicyclic) bond motifs is 1. The SMILES string of the molecule is O=C(N/N=C\c1ccc(-c2ccccc2)o1)c1cc2cc([N+](=O)[O-])ccc2s1. The Labute approximate surface area is 163 Å². The summed E-state index contributed by atoms with van der Waals surface area (Å²) in [5.74, 6) is 0.820. The lowest BCUT2D eigenvalue weighted by atomic mass is 10.2. The van der Waals surface area contributed by atoms with Crippen LogP contribution in [0.1, 0.15) is 15.4 Å². The average molecular weight is 391 g/mol. The topological polar surface area (TPSA) is 97.7 Å². The van der Waals surface area contributed by atoms with Crippen LogP contribution in [0, 0.1) is 10.1 Å². The Hall–Kier alpha value is -3.78. The molecule has 4 rings (SSSR count). The summed E-state index contributed by atoms with van der Waals surface area (Å²) in [5, 5.41) is 15.4. The maximum absolute atomic E-state index is 12.3. The average Bonchev–Trinajstić information content (AvgIpc) is 3.35. The van der Waals surface area contributed by atoms with Gasteiger partial charge in [0.2, 0.25) is 0 Å². The van der Waals surface area contributed by atoms with Crippen molar-refractivity contribution in [2.24, 2.45) is 5.10 Å². The van der Waals surface area contributed by atoms with E-state index in [1.54, 1.807) is 18.2 Å². The summed E-state index contributed by atoms with van der Waals surface area (Å²) in [4.78, 5) is 23.1. The highest BCUT2D eigenvalue weighted by molar-refractivity contribution is 7.20. The zero-order valence-electron chi connectivity index (χ0n) is 14.4. The fourth-order valence-corrected chi connectivity index (χ4v) is 3.58. The molecule has 0 bridgehead atoms. The molecule has 4 aromatic rings. The van der Waals surface area contributed by atoms with Gasteiger partial charge >= 0.3 is 0 Å². The third-order valence-electron chi connectivity index (χ3n) is 3.98. The van der Waals surface area contributed by atoms with E-state index in [0.29, 0.717) is 21.8 Å². The molecule has 0 aliphatic rings. The summed E-state index contributed by atoms with van der Waals surface area (Å²) < 4.78 is 6.47. The second kappa shape index (κ2) is 7.45. The molecule has 2 heterocycles. The van der Waals surface area contributed by atoms with Crippen LogP contribution in [0.5, 0.6) is 0 Å². The van der Waals surface area contributed by atoms with Gasteiger partial charge < -0.3 is 4.42 Å². The molecule has 0 saturated carbocycles. The summed E-state index contributed by atoms with van der Waals surface area (Å²) in [6.07, 6.45) is 1.42. The molecule has 0 fully saturated rings. The second-order valence-electron chi connectivity index (χ2n) is 5.86. The summed E-state index contributed by atoms with van der Waals surface area (Å²) >= 11 is 1.24. The van der Waals surface area contributed by atoms with Crippen molar-refractivity contribution >= 4 is 39.2 Å². The molecule has 0 aliphatic heterocycles. The molecule has 8 heteroatoms. The van der Waals surface area contributed by atoms with Gasteiger partial charge in [0, 0.05) is 27.8 Å².